The minimum atomic E-state index is -0.819. The van der Waals surface area contributed by atoms with Crippen molar-refractivity contribution in [1.82, 2.24) is 4.90 Å². The van der Waals surface area contributed by atoms with Crippen LogP contribution in [0.4, 0.5) is 0 Å². The van der Waals surface area contributed by atoms with Crippen LogP contribution in [0.15, 0.2) is 18.2 Å². The van der Waals surface area contributed by atoms with Gasteiger partial charge in [-0.15, -0.1) is 0 Å². The highest BCUT2D eigenvalue weighted by Crippen LogP contribution is 2.24. The van der Waals surface area contributed by atoms with Gasteiger partial charge >= 0.3 is 5.97 Å². The molecule has 0 unspecified atom stereocenters. The van der Waals surface area contributed by atoms with Gasteiger partial charge in [-0.2, -0.15) is 0 Å². The Hall–Kier alpha value is -1.75. The van der Waals surface area contributed by atoms with E-state index in [1.807, 2.05) is 18.7 Å². The van der Waals surface area contributed by atoms with Crippen LogP contribution in [0.2, 0.25) is 0 Å². The fraction of sp³-hybridized carbons (Fsp3) is 0.500. The SMILES string of the molecule is COc1ccc(O)c(CN(CCC(=O)O)C(C)C)c1. The molecule has 0 bridgehead atoms. The molecule has 0 heterocycles. The highest BCUT2D eigenvalue weighted by atomic mass is 16.5. The molecule has 1 aromatic carbocycles. The third-order valence-electron chi connectivity index (χ3n) is 3.00. The number of carboxylic acids is 1. The second-order valence-electron chi connectivity index (χ2n) is 4.70. The first-order chi connectivity index (χ1) is 8.93. The number of aliphatic carboxylic acids is 1. The molecule has 1 aromatic rings. The van der Waals surface area contributed by atoms with Crippen molar-refractivity contribution in [2.45, 2.75) is 32.9 Å². The molecule has 19 heavy (non-hydrogen) atoms. The number of benzene rings is 1. The van der Waals surface area contributed by atoms with Gasteiger partial charge in [0.05, 0.1) is 13.5 Å². The molecule has 0 saturated heterocycles. The quantitative estimate of drug-likeness (QED) is 0.791. The fourth-order valence-corrected chi connectivity index (χ4v) is 1.79. The zero-order valence-corrected chi connectivity index (χ0v) is 11.6. The molecule has 0 spiro atoms. The van der Waals surface area contributed by atoms with E-state index in [1.54, 1.807) is 25.3 Å². The average molecular weight is 267 g/mol. The van der Waals surface area contributed by atoms with Gasteiger partial charge in [0, 0.05) is 24.7 Å². The molecule has 106 valence electrons. The van der Waals surface area contributed by atoms with Gasteiger partial charge in [-0.25, -0.2) is 0 Å². The van der Waals surface area contributed by atoms with Crippen molar-refractivity contribution in [3.05, 3.63) is 23.8 Å². The van der Waals surface area contributed by atoms with Crippen molar-refractivity contribution < 1.29 is 19.7 Å². The summed E-state index contributed by atoms with van der Waals surface area (Å²) in [5.41, 5.74) is 0.735. The predicted octanol–water partition coefficient (Wildman–Crippen LogP) is 2.09. The summed E-state index contributed by atoms with van der Waals surface area (Å²) in [5.74, 6) is 0.0528. The van der Waals surface area contributed by atoms with Crippen molar-refractivity contribution in [2.75, 3.05) is 13.7 Å². The summed E-state index contributed by atoms with van der Waals surface area (Å²) in [5, 5.41) is 18.6. The number of phenols is 1. The van der Waals surface area contributed by atoms with Crippen LogP contribution >= 0.6 is 0 Å². The van der Waals surface area contributed by atoms with E-state index in [-0.39, 0.29) is 18.2 Å². The fourth-order valence-electron chi connectivity index (χ4n) is 1.79. The highest BCUT2D eigenvalue weighted by molar-refractivity contribution is 5.66. The summed E-state index contributed by atoms with van der Waals surface area (Å²) in [4.78, 5) is 12.7. The van der Waals surface area contributed by atoms with E-state index < -0.39 is 5.97 Å². The van der Waals surface area contributed by atoms with Crippen LogP contribution in [-0.2, 0) is 11.3 Å². The molecule has 5 nitrogen and oxygen atoms in total. The van der Waals surface area contributed by atoms with Gasteiger partial charge < -0.3 is 14.9 Å². The van der Waals surface area contributed by atoms with E-state index in [1.165, 1.54) is 0 Å². The second-order valence-corrected chi connectivity index (χ2v) is 4.70. The van der Waals surface area contributed by atoms with E-state index in [0.717, 1.165) is 5.56 Å². The second kappa shape index (κ2) is 6.99. The monoisotopic (exact) mass is 267 g/mol. The zero-order valence-electron chi connectivity index (χ0n) is 11.6. The highest BCUT2D eigenvalue weighted by Gasteiger charge is 2.14. The van der Waals surface area contributed by atoms with Crippen molar-refractivity contribution >= 4 is 5.97 Å². The topological polar surface area (TPSA) is 70.0 Å². The minimum Gasteiger partial charge on any atom is -0.508 e. The Bertz CT molecular complexity index is 431. The van der Waals surface area contributed by atoms with Crippen molar-refractivity contribution in [3.8, 4) is 11.5 Å². The smallest absolute Gasteiger partial charge is 0.304 e. The van der Waals surface area contributed by atoms with Crippen LogP contribution in [-0.4, -0.2) is 40.8 Å². The van der Waals surface area contributed by atoms with Crippen LogP contribution in [0.5, 0.6) is 11.5 Å². The first kappa shape index (κ1) is 15.3. The molecule has 1 rings (SSSR count). The molecule has 0 aromatic heterocycles. The summed E-state index contributed by atoms with van der Waals surface area (Å²) < 4.78 is 5.13. The third-order valence-corrected chi connectivity index (χ3v) is 3.00. The van der Waals surface area contributed by atoms with Crippen molar-refractivity contribution in [1.29, 1.82) is 0 Å². The van der Waals surface area contributed by atoms with Crippen LogP contribution in [0.25, 0.3) is 0 Å². The molecule has 0 fully saturated rings. The lowest BCUT2D eigenvalue weighted by Crippen LogP contribution is -2.32. The number of hydrogen-bond donors (Lipinski definition) is 2. The molecule has 2 N–H and O–H groups in total. The summed E-state index contributed by atoms with van der Waals surface area (Å²) in [6.45, 7) is 4.94. The van der Waals surface area contributed by atoms with Gasteiger partial charge in [0.2, 0.25) is 0 Å². The third kappa shape index (κ3) is 4.79. The molecule has 0 atom stereocenters. The van der Waals surface area contributed by atoms with Gasteiger partial charge in [0.25, 0.3) is 0 Å². The van der Waals surface area contributed by atoms with E-state index in [4.69, 9.17) is 9.84 Å². The Morgan fingerprint density at radius 2 is 2.11 bits per heavy atom. The largest absolute Gasteiger partial charge is 0.508 e. The lowest BCUT2D eigenvalue weighted by atomic mass is 10.1. The van der Waals surface area contributed by atoms with Crippen LogP contribution in [0.3, 0.4) is 0 Å². The molecular weight excluding hydrogens is 246 g/mol. The van der Waals surface area contributed by atoms with E-state index in [9.17, 15) is 9.90 Å². The summed E-state index contributed by atoms with van der Waals surface area (Å²) in [6.07, 6.45) is 0.0862. The number of nitrogens with zero attached hydrogens (tertiary/aromatic N) is 1. The number of hydrogen-bond acceptors (Lipinski definition) is 4. The average Bonchev–Trinajstić information content (AvgIpc) is 2.35. The molecule has 0 aliphatic rings. The standard InChI is InChI=1S/C14H21NO4/c1-10(2)15(7-6-14(17)18)9-11-8-12(19-3)4-5-13(11)16/h4-5,8,10,16H,6-7,9H2,1-3H3,(H,17,18). The molecule has 5 heteroatoms. The molecule has 0 radical (unpaired) electrons. The number of methoxy groups -OCH3 is 1. The van der Waals surface area contributed by atoms with Gasteiger partial charge in [0.15, 0.2) is 0 Å². The van der Waals surface area contributed by atoms with Gasteiger partial charge in [-0.3, -0.25) is 9.69 Å². The first-order valence-electron chi connectivity index (χ1n) is 6.25. The van der Waals surface area contributed by atoms with Crippen LogP contribution in [0, 0.1) is 0 Å². The van der Waals surface area contributed by atoms with Gasteiger partial charge in [0.1, 0.15) is 11.5 Å². The lowest BCUT2D eigenvalue weighted by molar-refractivity contribution is -0.137. The summed E-state index contributed by atoms with van der Waals surface area (Å²) in [6, 6.07) is 5.25. The van der Waals surface area contributed by atoms with E-state index >= 15 is 0 Å². The van der Waals surface area contributed by atoms with E-state index in [0.29, 0.717) is 18.8 Å². The predicted molar refractivity (Wildman–Crippen MR) is 72.5 cm³/mol. The maximum absolute atomic E-state index is 10.7. The van der Waals surface area contributed by atoms with Crippen LogP contribution in [0.1, 0.15) is 25.8 Å². The Labute approximate surface area is 113 Å². The molecule has 0 amide bonds. The Morgan fingerprint density at radius 3 is 2.63 bits per heavy atom. The number of rotatable bonds is 7. The van der Waals surface area contributed by atoms with Crippen LogP contribution < -0.4 is 4.74 Å². The summed E-state index contributed by atoms with van der Waals surface area (Å²) in [7, 11) is 1.57. The normalized spacial score (nSPS) is 11.0. The van der Waals surface area contributed by atoms with Gasteiger partial charge in [-0.05, 0) is 32.0 Å². The molecule has 0 aliphatic heterocycles. The maximum atomic E-state index is 10.7. The molecular formula is C14H21NO4. The first-order valence-corrected chi connectivity index (χ1v) is 6.25. The lowest BCUT2D eigenvalue weighted by Gasteiger charge is -2.26. The zero-order chi connectivity index (χ0) is 14.4. The summed E-state index contributed by atoms with van der Waals surface area (Å²) >= 11 is 0. The number of ether oxygens (including phenoxy) is 1. The molecule has 0 saturated carbocycles. The van der Waals surface area contributed by atoms with E-state index in [2.05, 4.69) is 0 Å². The number of carbonyl (C=O) groups is 1. The number of carboxylic acid groups (broad SMARTS) is 1. The minimum absolute atomic E-state index is 0.0862. The number of phenolic OH excluding ortho intramolecular Hbond substituents is 1. The van der Waals surface area contributed by atoms with Crippen molar-refractivity contribution in [2.24, 2.45) is 0 Å². The maximum Gasteiger partial charge on any atom is 0.304 e. The molecule has 0 aliphatic carbocycles. The van der Waals surface area contributed by atoms with Crippen molar-refractivity contribution in [3.63, 3.8) is 0 Å². The Balaban J connectivity index is 2.80. The Kier molecular flexibility index (Phi) is 5.63. The van der Waals surface area contributed by atoms with Gasteiger partial charge in [-0.1, -0.05) is 0 Å². The number of aromatic hydroxyl groups is 1. The Morgan fingerprint density at radius 1 is 1.42 bits per heavy atom.